The van der Waals surface area contributed by atoms with E-state index in [0.717, 1.165) is 24.2 Å². The van der Waals surface area contributed by atoms with Gasteiger partial charge in [-0.2, -0.15) is 10.4 Å². The molecule has 0 radical (unpaired) electrons. The van der Waals surface area contributed by atoms with E-state index in [1.807, 2.05) is 6.92 Å². The lowest BCUT2D eigenvalue weighted by Crippen LogP contribution is -2.09. The van der Waals surface area contributed by atoms with Crippen LogP contribution in [0.15, 0.2) is 0 Å². The lowest BCUT2D eigenvalue weighted by molar-refractivity contribution is 0.108. The van der Waals surface area contributed by atoms with E-state index in [1.54, 1.807) is 4.68 Å². The van der Waals surface area contributed by atoms with Gasteiger partial charge < -0.3 is 4.74 Å². The first-order valence-electron chi connectivity index (χ1n) is 4.43. The molecular weight excluding hydrogens is 166 g/mol. The highest BCUT2D eigenvalue weighted by atomic mass is 16.5. The summed E-state index contributed by atoms with van der Waals surface area (Å²) in [6.45, 7) is 3.99. The average molecular weight is 177 g/mol. The van der Waals surface area contributed by atoms with Crippen molar-refractivity contribution in [2.24, 2.45) is 0 Å². The zero-order valence-electron chi connectivity index (χ0n) is 7.58. The first-order valence-corrected chi connectivity index (χ1v) is 4.43. The molecule has 0 aliphatic carbocycles. The molecule has 1 aromatic rings. The number of aromatic nitrogens is 2. The second-order valence-corrected chi connectivity index (χ2v) is 3.00. The Bertz CT molecular complexity index is 362. The van der Waals surface area contributed by atoms with Crippen LogP contribution in [0.1, 0.15) is 23.9 Å². The molecule has 0 fully saturated rings. The van der Waals surface area contributed by atoms with Crippen molar-refractivity contribution >= 4 is 0 Å². The zero-order valence-corrected chi connectivity index (χ0v) is 7.58. The summed E-state index contributed by atoms with van der Waals surface area (Å²) in [5.41, 5.74) is 2.72. The van der Waals surface area contributed by atoms with Crippen LogP contribution in [-0.4, -0.2) is 16.4 Å². The molecule has 2 rings (SSSR count). The summed E-state index contributed by atoms with van der Waals surface area (Å²) >= 11 is 0. The molecule has 1 aromatic heterocycles. The Balaban J connectivity index is 2.52. The Morgan fingerprint density at radius 3 is 3.23 bits per heavy atom. The highest BCUT2D eigenvalue weighted by Crippen LogP contribution is 2.19. The molecule has 2 heterocycles. The van der Waals surface area contributed by atoms with Crippen molar-refractivity contribution in [3.05, 3.63) is 17.0 Å². The summed E-state index contributed by atoms with van der Waals surface area (Å²) in [7, 11) is 0. The van der Waals surface area contributed by atoms with Gasteiger partial charge in [0, 0.05) is 18.5 Å². The predicted molar refractivity (Wildman–Crippen MR) is 46.0 cm³/mol. The van der Waals surface area contributed by atoms with Crippen LogP contribution in [0.3, 0.4) is 0 Å². The molecule has 0 saturated carbocycles. The Kier molecular flexibility index (Phi) is 2.03. The number of rotatable bonds is 1. The minimum atomic E-state index is 0.553. The molecule has 0 amide bonds. The number of hydrogen-bond acceptors (Lipinski definition) is 3. The lowest BCUT2D eigenvalue weighted by Gasteiger charge is -2.09. The monoisotopic (exact) mass is 177 g/mol. The van der Waals surface area contributed by atoms with E-state index in [4.69, 9.17) is 10.00 Å². The maximum atomic E-state index is 8.94. The molecule has 68 valence electrons. The van der Waals surface area contributed by atoms with Gasteiger partial charge in [0.05, 0.1) is 18.9 Å². The lowest BCUT2D eigenvalue weighted by atomic mass is 10.1. The normalized spacial score (nSPS) is 15.1. The van der Waals surface area contributed by atoms with Crippen LogP contribution in [0.5, 0.6) is 0 Å². The van der Waals surface area contributed by atoms with Gasteiger partial charge in [-0.15, -0.1) is 0 Å². The van der Waals surface area contributed by atoms with Crippen molar-refractivity contribution in [2.75, 3.05) is 6.61 Å². The molecule has 0 atom stereocenters. The van der Waals surface area contributed by atoms with E-state index in [0.29, 0.717) is 18.9 Å². The van der Waals surface area contributed by atoms with E-state index in [9.17, 15) is 0 Å². The van der Waals surface area contributed by atoms with E-state index in [1.165, 1.54) is 0 Å². The smallest absolute Gasteiger partial charge is 0.142 e. The molecule has 0 unspecified atom stereocenters. The van der Waals surface area contributed by atoms with Gasteiger partial charge in [-0.25, -0.2) is 0 Å². The Morgan fingerprint density at radius 2 is 2.54 bits per heavy atom. The van der Waals surface area contributed by atoms with Crippen LogP contribution in [0.2, 0.25) is 0 Å². The molecule has 0 spiro atoms. The third kappa shape index (κ3) is 1.21. The minimum Gasteiger partial charge on any atom is -0.375 e. The van der Waals surface area contributed by atoms with Gasteiger partial charge in [-0.05, 0) is 6.92 Å². The number of hydrogen-bond donors (Lipinski definition) is 0. The molecular formula is C9H11N3O. The Labute approximate surface area is 76.7 Å². The third-order valence-electron chi connectivity index (χ3n) is 2.27. The number of nitriles is 1. The number of ether oxygens (including phenoxy) is 1. The third-order valence-corrected chi connectivity index (χ3v) is 2.27. The van der Waals surface area contributed by atoms with Crippen molar-refractivity contribution in [1.82, 2.24) is 9.78 Å². The fourth-order valence-corrected chi connectivity index (χ4v) is 1.62. The van der Waals surface area contributed by atoms with Gasteiger partial charge in [0.2, 0.25) is 0 Å². The summed E-state index contributed by atoms with van der Waals surface area (Å²) in [6, 6.07) is 2.20. The molecule has 0 bridgehead atoms. The summed E-state index contributed by atoms with van der Waals surface area (Å²) in [5, 5.41) is 13.3. The van der Waals surface area contributed by atoms with Crippen LogP contribution < -0.4 is 0 Å². The second-order valence-electron chi connectivity index (χ2n) is 3.00. The van der Waals surface area contributed by atoms with E-state index in [2.05, 4.69) is 11.2 Å². The second kappa shape index (κ2) is 3.19. The molecule has 0 aromatic carbocycles. The molecule has 0 saturated heterocycles. The summed E-state index contributed by atoms with van der Waals surface area (Å²) in [6.07, 6.45) is 0.818. The Morgan fingerprint density at radius 1 is 1.69 bits per heavy atom. The quantitative estimate of drug-likeness (QED) is 0.639. The van der Waals surface area contributed by atoms with Gasteiger partial charge in [0.1, 0.15) is 11.8 Å². The van der Waals surface area contributed by atoms with Crippen LogP contribution in [0.4, 0.5) is 0 Å². The largest absolute Gasteiger partial charge is 0.375 e. The van der Waals surface area contributed by atoms with Gasteiger partial charge >= 0.3 is 0 Å². The zero-order chi connectivity index (χ0) is 9.26. The topological polar surface area (TPSA) is 50.8 Å². The fourth-order valence-electron chi connectivity index (χ4n) is 1.62. The molecule has 4 heteroatoms. The maximum absolute atomic E-state index is 8.94. The van der Waals surface area contributed by atoms with E-state index in [-0.39, 0.29) is 0 Å². The van der Waals surface area contributed by atoms with Crippen molar-refractivity contribution in [2.45, 2.75) is 26.5 Å². The van der Waals surface area contributed by atoms with Crippen molar-refractivity contribution in [3.63, 3.8) is 0 Å². The molecule has 1 aliphatic heterocycles. The first kappa shape index (κ1) is 8.27. The van der Waals surface area contributed by atoms with Crippen LogP contribution >= 0.6 is 0 Å². The molecule has 4 nitrogen and oxygen atoms in total. The van der Waals surface area contributed by atoms with Crippen LogP contribution in [0.25, 0.3) is 0 Å². The van der Waals surface area contributed by atoms with Gasteiger partial charge in [0.25, 0.3) is 0 Å². The fraction of sp³-hybridized carbons (Fsp3) is 0.556. The predicted octanol–water partition coefficient (Wildman–Crippen LogP) is 0.847. The number of aryl methyl sites for hydroxylation is 1. The van der Waals surface area contributed by atoms with Crippen molar-refractivity contribution in [3.8, 4) is 6.07 Å². The van der Waals surface area contributed by atoms with Crippen LogP contribution in [-0.2, 0) is 24.3 Å². The van der Waals surface area contributed by atoms with Gasteiger partial charge in [0.15, 0.2) is 0 Å². The maximum Gasteiger partial charge on any atom is 0.142 e. The molecule has 0 N–H and O–H groups in total. The van der Waals surface area contributed by atoms with Crippen molar-refractivity contribution in [1.29, 1.82) is 5.26 Å². The number of nitrogens with zero attached hydrogens (tertiary/aromatic N) is 3. The number of fused-ring (bicyclic) bond motifs is 1. The van der Waals surface area contributed by atoms with E-state index >= 15 is 0 Å². The van der Waals surface area contributed by atoms with Gasteiger partial charge in [-0.3, -0.25) is 4.68 Å². The molecule has 13 heavy (non-hydrogen) atoms. The van der Waals surface area contributed by atoms with Crippen molar-refractivity contribution < 1.29 is 4.74 Å². The first-order chi connectivity index (χ1) is 6.36. The summed E-state index contributed by atoms with van der Waals surface area (Å²) in [4.78, 5) is 0. The minimum absolute atomic E-state index is 0.553. The van der Waals surface area contributed by atoms with Crippen LogP contribution in [0, 0.1) is 11.3 Å². The summed E-state index contributed by atoms with van der Waals surface area (Å²) < 4.78 is 7.02. The van der Waals surface area contributed by atoms with E-state index < -0.39 is 0 Å². The summed E-state index contributed by atoms with van der Waals surface area (Å²) in [5.74, 6) is 0. The SMILES string of the molecule is CCn1nc2c(c1C#N)CCOC2. The average Bonchev–Trinajstić information content (AvgIpc) is 2.55. The highest BCUT2D eigenvalue weighted by Gasteiger charge is 2.19. The highest BCUT2D eigenvalue weighted by molar-refractivity contribution is 5.36. The standard InChI is InChI=1S/C9H11N3O/c1-2-12-9(5-10)7-3-4-13-6-8(7)11-12/h2-4,6H2,1H3. The Hall–Kier alpha value is -1.34. The molecule has 1 aliphatic rings. The van der Waals surface area contributed by atoms with Gasteiger partial charge in [-0.1, -0.05) is 0 Å².